The monoisotopic (exact) mass is 376 g/mol. The van der Waals surface area contributed by atoms with Gasteiger partial charge in [0.25, 0.3) is 5.91 Å². The molecule has 0 bridgehead atoms. The molecule has 0 spiro atoms. The van der Waals surface area contributed by atoms with Crippen LogP contribution in [-0.4, -0.2) is 36.8 Å². The summed E-state index contributed by atoms with van der Waals surface area (Å²) in [6.45, 7) is 3.18. The topological polar surface area (TPSA) is 77.1 Å². The maximum atomic E-state index is 12.2. The summed E-state index contributed by atoms with van der Waals surface area (Å²) in [5.41, 5.74) is 1.39. The van der Waals surface area contributed by atoms with Crippen molar-refractivity contribution < 1.29 is 4.79 Å². The lowest BCUT2D eigenvalue weighted by Crippen LogP contribution is -2.27. The number of amides is 1. The van der Waals surface area contributed by atoms with Gasteiger partial charge in [-0.15, -0.1) is 10.2 Å². The van der Waals surface area contributed by atoms with Crippen LogP contribution in [0.3, 0.4) is 0 Å². The lowest BCUT2D eigenvalue weighted by Gasteiger charge is -2.07. The number of carbonyl (C=O) groups excluding carboxylic acids is 1. The second kappa shape index (κ2) is 6.91. The van der Waals surface area contributed by atoms with Crippen molar-refractivity contribution in [2.45, 2.75) is 26.3 Å². The Labute approximate surface area is 141 Å². The van der Waals surface area contributed by atoms with E-state index in [0.717, 1.165) is 24.3 Å². The molecule has 0 aromatic carbocycles. The third-order valence-corrected chi connectivity index (χ3v) is 4.14. The zero-order chi connectivity index (χ0) is 16.2. The molecule has 23 heavy (non-hydrogen) atoms. The van der Waals surface area contributed by atoms with E-state index in [9.17, 15) is 4.79 Å². The smallest absolute Gasteiger partial charge is 0.270 e. The molecule has 1 amide bonds. The third kappa shape index (κ3) is 3.26. The van der Waals surface area contributed by atoms with Gasteiger partial charge in [0.05, 0.1) is 10.7 Å². The van der Waals surface area contributed by atoms with E-state index >= 15 is 0 Å². The zero-order valence-electron chi connectivity index (χ0n) is 12.7. The van der Waals surface area contributed by atoms with Gasteiger partial charge in [0, 0.05) is 25.7 Å². The van der Waals surface area contributed by atoms with Crippen molar-refractivity contribution in [3.63, 3.8) is 0 Å². The highest BCUT2D eigenvalue weighted by atomic mass is 79.9. The van der Waals surface area contributed by atoms with Crippen LogP contribution in [0.4, 0.5) is 0 Å². The number of halogens is 1. The van der Waals surface area contributed by atoms with E-state index in [1.54, 1.807) is 10.9 Å². The number of hydrogen-bond acceptors (Lipinski definition) is 4. The van der Waals surface area contributed by atoms with Crippen LogP contribution in [0.5, 0.6) is 0 Å². The Balaban J connectivity index is 1.55. The van der Waals surface area contributed by atoms with Crippen LogP contribution in [0.2, 0.25) is 0 Å². The first kappa shape index (κ1) is 15.7. The molecule has 0 radical (unpaired) electrons. The van der Waals surface area contributed by atoms with Gasteiger partial charge in [-0.1, -0.05) is 6.07 Å². The Morgan fingerprint density at radius 1 is 1.35 bits per heavy atom. The number of rotatable bonds is 6. The Bertz CT molecular complexity index is 824. The molecule has 0 saturated carbocycles. The van der Waals surface area contributed by atoms with E-state index in [0.29, 0.717) is 23.3 Å². The summed E-state index contributed by atoms with van der Waals surface area (Å²) in [6.07, 6.45) is 5.12. The average Bonchev–Trinajstić information content (AvgIpc) is 3.15. The van der Waals surface area contributed by atoms with Crippen molar-refractivity contribution in [1.29, 1.82) is 0 Å². The molecule has 120 valence electrons. The maximum absolute atomic E-state index is 12.2. The van der Waals surface area contributed by atoms with Crippen molar-refractivity contribution in [3.8, 4) is 0 Å². The highest BCUT2D eigenvalue weighted by Crippen LogP contribution is 2.15. The predicted molar refractivity (Wildman–Crippen MR) is 89.2 cm³/mol. The third-order valence-electron chi connectivity index (χ3n) is 3.56. The van der Waals surface area contributed by atoms with Gasteiger partial charge < -0.3 is 5.32 Å². The molecule has 1 N–H and O–H groups in total. The number of aromatic nitrogens is 5. The largest absolute Gasteiger partial charge is 0.351 e. The molecular weight excluding hydrogens is 360 g/mol. The summed E-state index contributed by atoms with van der Waals surface area (Å²) >= 11 is 3.36. The Kier molecular flexibility index (Phi) is 4.71. The van der Waals surface area contributed by atoms with Gasteiger partial charge >= 0.3 is 0 Å². The SMILES string of the molecule is CCn1ncc(Br)c1C(=O)NCCCc1nnc2ccccn12. The van der Waals surface area contributed by atoms with E-state index in [-0.39, 0.29) is 5.91 Å². The second-order valence-electron chi connectivity index (χ2n) is 5.06. The van der Waals surface area contributed by atoms with Gasteiger partial charge in [0.15, 0.2) is 5.65 Å². The quantitative estimate of drug-likeness (QED) is 0.668. The number of hydrogen-bond donors (Lipinski definition) is 1. The van der Waals surface area contributed by atoms with Crippen molar-refractivity contribution in [2.75, 3.05) is 6.54 Å². The fourth-order valence-corrected chi connectivity index (χ4v) is 2.90. The summed E-state index contributed by atoms with van der Waals surface area (Å²) in [5.74, 6) is 0.775. The van der Waals surface area contributed by atoms with Gasteiger partial charge in [0.2, 0.25) is 0 Å². The summed E-state index contributed by atoms with van der Waals surface area (Å²) < 4.78 is 4.34. The van der Waals surface area contributed by atoms with Crippen LogP contribution in [0, 0.1) is 0 Å². The Morgan fingerprint density at radius 2 is 2.22 bits per heavy atom. The van der Waals surface area contributed by atoms with Crippen molar-refractivity contribution in [1.82, 2.24) is 29.7 Å². The van der Waals surface area contributed by atoms with Gasteiger partial charge in [-0.3, -0.25) is 13.9 Å². The normalized spacial score (nSPS) is 11.0. The summed E-state index contributed by atoms with van der Waals surface area (Å²) in [4.78, 5) is 12.2. The molecular formula is C15H17BrN6O. The van der Waals surface area contributed by atoms with Gasteiger partial charge in [-0.25, -0.2) is 0 Å². The average molecular weight is 377 g/mol. The summed E-state index contributed by atoms with van der Waals surface area (Å²) in [5, 5.41) is 15.4. The number of aryl methyl sites for hydroxylation is 2. The first-order valence-corrected chi connectivity index (χ1v) is 8.28. The predicted octanol–water partition coefficient (Wildman–Crippen LogP) is 2.07. The van der Waals surface area contributed by atoms with Gasteiger partial charge in [0.1, 0.15) is 11.5 Å². The van der Waals surface area contributed by atoms with Crippen LogP contribution >= 0.6 is 15.9 Å². The summed E-state index contributed by atoms with van der Waals surface area (Å²) in [7, 11) is 0. The lowest BCUT2D eigenvalue weighted by atomic mass is 10.3. The fraction of sp³-hybridized carbons (Fsp3) is 0.333. The summed E-state index contributed by atoms with van der Waals surface area (Å²) in [6, 6.07) is 5.80. The molecule has 3 rings (SSSR count). The van der Waals surface area contributed by atoms with Crippen molar-refractivity contribution in [3.05, 3.63) is 46.6 Å². The van der Waals surface area contributed by atoms with E-state index in [4.69, 9.17) is 0 Å². The lowest BCUT2D eigenvalue weighted by molar-refractivity contribution is 0.0941. The molecule has 7 nitrogen and oxygen atoms in total. The second-order valence-corrected chi connectivity index (χ2v) is 5.92. The van der Waals surface area contributed by atoms with Gasteiger partial charge in [-0.2, -0.15) is 5.10 Å². The fourth-order valence-electron chi connectivity index (χ4n) is 2.42. The molecule has 3 aromatic rings. The van der Waals surface area contributed by atoms with Crippen LogP contribution in [0.25, 0.3) is 5.65 Å². The first-order valence-electron chi connectivity index (χ1n) is 7.49. The number of nitrogens with one attached hydrogen (secondary N) is 1. The van der Waals surface area contributed by atoms with Crippen molar-refractivity contribution in [2.24, 2.45) is 0 Å². The van der Waals surface area contributed by atoms with E-state index in [1.165, 1.54) is 0 Å². The molecule has 0 fully saturated rings. The molecule has 0 aliphatic heterocycles. The maximum Gasteiger partial charge on any atom is 0.270 e. The van der Waals surface area contributed by atoms with E-state index in [2.05, 4.69) is 36.5 Å². The number of pyridine rings is 1. The minimum atomic E-state index is -0.123. The molecule has 0 atom stereocenters. The standard InChI is InChI=1S/C15H17BrN6O/c1-2-22-14(11(16)10-18-22)15(23)17-8-5-7-13-20-19-12-6-3-4-9-21(12)13/h3-4,6,9-10H,2,5,7-8H2,1H3,(H,17,23). The van der Waals surface area contributed by atoms with Crippen molar-refractivity contribution >= 4 is 27.5 Å². The highest BCUT2D eigenvalue weighted by molar-refractivity contribution is 9.10. The number of nitrogens with zero attached hydrogens (tertiary/aromatic N) is 5. The minimum Gasteiger partial charge on any atom is -0.351 e. The molecule has 8 heteroatoms. The number of carbonyl (C=O) groups is 1. The van der Waals surface area contributed by atoms with Crippen LogP contribution in [-0.2, 0) is 13.0 Å². The zero-order valence-corrected chi connectivity index (χ0v) is 14.3. The molecule has 0 aliphatic rings. The van der Waals surface area contributed by atoms with Crippen LogP contribution in [0.1, 0.15) is 29.7 Å². The number of fused-ring (bicyclic) bond motifs is 1. The molecule has 3 aromatic heterocycles. The first-order chi connectivity index (χ1) is 11.2. The van der Waals surface area contributed by atoms with Gasteiger partial charge in [-0.05, 0) is 41.4 Å². The molecule has 3 heterocycles. The molecule has 0 aliphatic carbocycles. The Morgan fingerprint density at radius 3 is 3.04 bits per heavy atom. The molecule has 0 saturated heterocycles. The minimum absolute atomic E-state index is 0.123. The molecule has 0 unspecified atom stereocenters. The Hall–Kier alpha value is -2.22. The van der Waals surface area contributed by atoms with Crippen LogP contribution < -0.4 is 5.32 Å². The van der Waals surface area contributed by atoms with E-state index in [1.807, 2.05) is 35.7 Å². The van der Waals surface area contributed by atoms with Crippen LogP contribution in [0.15, 0.2) is 35.1 Å². The highest BCUT2D eigenvalue weighted by Gasteiger charge is 2.15. The van der Waals surface area contributed by atoms with E-state index < -0.39 is 0 Å².